The average Bonchev–Trinajstić information content (AvgIpc) is 2.44. The van der Waals surface area contributed by atoms with Crippen molar-refractivity contribution in [1.29, 1.82) is 0 Å². The van der Waals surface area contributed by atoms with Gasteiger partial charge in [-0.3, -0.25) is 0 Å². The highest BCUT2D eigenvalue weighted by molar-refractivity contribution is 4.91. The molecule has 2 aliphatic heterocycles. The molecular formula is C16H31NO2. The van der Waals surface area contributed by atoms with E-state index >= 15 is 0 Å². The topological polar surface area (TPSA) is 44.5 Å². The van der Waals surface area contributed by atoms with Crippen molar-refractivity contribution < 1.29 is 9.47 Å². The zero-order valence-electron chi connectivity index (χ0n) is 12.5. The van der Waals surface area contributed by atoms with Gasteiger partial charge in [0.25, 0.3) is 0 Å². The number of ether oxygens (including phenoxy) is 2. The van der Waals surface area contributed by atoms with Gasteiger partial charge in [0.05, 0.1) is 5.60 Å². The first kappa shape index (κ1) is 15.3. The summed E-state index contributed by atoms with van der Waals surface area (Å²) in [4.78, 5) is 0. The highest BCUT2D eigenvalue weighted by Gasteiger charge is 2.40. The molecule has 0 saturated carbocycles. The maximum absolute atomic E-state index is 6.43. The van der Waals surface area contributed by atoms with Gasteiger partial charge < -0.3 is 15.2 Å². The van der Waals surface area contributed by atoms with Crippen molar-refractivity contribution in [1.82, 2.24) is 0 Å². The number of unbranched alkanes of at least 4 members (excludes halogenated alkanes) is 3. The van der Waals surface area contributed by atoms with Gasteiger partial charge in [-0.15, -0.1) is 0 Å². The van der Waals surface area contributed by atoms with Crippen LogP contribution in [0.3, 0.4) is 0 Å². The van der Waals surface area contributed by atoms with Crippen LogP contribution < -0.4 is 5.73 Å². The van der Waals surface area contributed by atoms with Crippen molar-refractivity contribution in [2.75, 3.05) is 19.8 Å². The van der Waals surface area contributed by atoms with Crippen LogP contribution in [0.5, 0.6) is 0 Å². The lowest BCUT2D eigenvalue weighted by molar-refractivity contribution is -0.149. The van der Waals surface area contributed by atoms with Crippen molar-refractivity contribution in [2.24, 2.45) is 11.7 Å². The van der Waals surface area contributed by atoms with E-state index in [0.29, 0.717) is 12.0 Å². The molecule has 0 bridgehead atoms. The number of hydrogen-bond acceptors (Lipinski definition) is 3. The van der Waals surface area contributed by atoms with Crippen LogP contribution in [0.25, 0.3) is 0 Å². The fourth-order valence-electron chi connectivity index (χ4n) is 3.57. The van der Waals surface area contributed by atoms with Crippen LogP contribution in [0.2, 0.25) is 0 Å². The summed E-state index contributed by atoms with van der Waals surface area (Å²) in [6.07, 6.45) is 10.9. The van der Waals surface area contributed by atoms with Gasteiger partial charge in [0, 0.05) is 25.9 Å². The van der Waals surface area contributed by atoms with E-state index in [2.05, 4.69) is 6.92 Å². The van der Waals surface area contributed by atoms with Gasteiger partial charge in [-0.2, -0.15) is 0 Å². The van der Waals surface area contributed by atoms with Crippen LogP contribution in [0.4, 0.5) is 0 Å². The number of nitrogens with two attached hydrogens (primary N) is 1. The number of rotatable bonds is 6. The second-order valence-corrected chi connectivity index (χ2v) is 6.41. The second kappa shape index (κ2) is 7.61. The molecule has 0 aliphatic carbocycles. The summed E-state index contributed by atoms with van der Waals surface area (Å²) in [6, 6.07) is 0.375. The lowest BCUT2D eigenvalue weighted by atomic mass is 9.77. The molecular weight excluding hydrogens is 238 g/mol. The third kappa shape index (κ3) is 4.44. The van der Waals surface area contributed by atoms with Crippen molar-refractivity contribution in [3.8, 4) is 0 Å². The smallest absolute Gasteiger partial charge is 0.0729 e. The minimum absolute atomic E-state index is 0.0994. The highest BCUT2D eigenvalue weighted by atomic mass is 16.5. The molecule has 2 N–H and O–H groups in total. The highest BCUT2D eigenvalue weighted by Crippen LogP contribution is 2.38. The van der Waals surface area contributed by atoms with Gasteiger partial charge in [-0.1, -0.05) is 32.6 Å². The first-order chi connectivity index (χ1) is 9.26. The van der Waals surface area contributed by atoms with Crippen LogP contribution in [0, 0.1) is 5.92 Å². The van der Waals surface area contributed by atoms with Crippen molar-refractivity contribution in [2.45, 2.75) is 76.4 Å². The molecule has 0 radical (unpaired) electrons. The van der Waals surface area contributed by atoms with E-state index in [-0.39, 0.29) is 5.60 Å². The molecule has 2 atom stereocenters. The van der Waals surface area contributed by atoms with Gasteiger partial charge in [0.2, 0.25) is 0 Å². The predicted octanol–water partition coefficient (Wildman–Crippen LogP) is 3.26. The quantitative estimate of drug-likeness (QED) is 0.753. The summed E-state index contributed by atoms with van der Waals surface area (Å²) >= 11 is 0. The minimum Gasteiger partial charge on any atom is -0.381 e. The van der Waals surface area contributed by atoms with E-state index in [4.69, 9.17) is 15.2 Å². The summed E-state index contributed by atoms with van der Waals surface area (Å²) in [6.45, 7) is 4.87. The molecule has 112 valence electrons. The molecule has 0 aromatic heterocycles. The minimum atomic E-state index is 0.0994. The van der Waals surface area contributed by atoms with Gasteiger partial charge in [0.1, 0.15) is 0 Å². The summed E-state index contributed by atoms with van der Waals surface area (Å²) in [7, 11) is 0. The van der Waals surface area contributed by atoms with Crippen molar-refractivity contribution in [3.05, 3.63) is 0 Å². The monoisotopic (exact) mass is 269 g/mol. The standard InChI is InChI=1S/C16H31NO2/c1-2-3-4-5-6-15(17)14-7-10-19-16(13-14)8-11-18-12-9-16/h14-15H,2-13,17H2,1H3. The third-order valence-corrected chi connectivity index (χ3v) is 4.93. The van der Waals surface area contributed by atoms with E-state index in [0.717, 1.165) is 45.5 Å². The molecule has 0 aromatic rings. The Morgan fingerprint density at radius 2 is 1.95 bits per heavy atom. The molecule has 0 amide bonds. The molecule has 0 aromatic carbocycles. The van der Waals surface area contributed by atoms with Crippen LogP contribution in [0.15, 0.2) is 0 Å². The summed E-state index contributed by atoms with van der Waals surface area (Å²) in [5.74, 6) is 0.661. The molecule has 3 heteroatoms. The molecule has 19 heavy (non-hydrogen) atoms. The Morgan fingerprint density at radius 3 is 2.68 bits per heavy atom. The van der Waals surface area contributed by atoms with E-state index in [1.807, 2.05) is 0 Å². The summed E-state index contributed by atoms with van der Waals surface area (Å²) in [5, 5.41) is 0. The predicted molar refractivity (Wildman–Crippen MR) is 78.2 cm³/mol. The van der Waals surface area contributed by atoms with Gasteiger partial charge in [-0.05, 0) is 38.0 Å². The fraction of sp³-hybridized carbons (Fsp3) is 1.00. The third-order valence-electron chi connectivity index (χ3n) is 4.93. The van der Waals surface area contributed by atoms with E-state index in [1.54, 1.807) is 0 Å². The van der Waals surface area contributed by atoms with Crippen LogP contribution in [-0.2, 0) is 9.47 Å². The normalized spacial score (nSPS) is 28.4. The zero-order chi connectivity index (χ0) is 13.6. The molecule has 2 fully saturated rings. The van der Waals surface area contributed by atoms with E-state index in [1.165, 1.54) is 32.1 Å². The maximum atomic E-state index is 6.43. The van der Waals surface area contributed by atoms with Gasteiger partial charge >= 0.3 is 0 Å². The molecule has 2 aliphatic rings. The Balaban J connectivity index is 1.76. The Hall–Kier alpha value is -0.120. The SMILES string of the molecule is CCCCCCC(N)C1CCOC2(CCOCC2)C1. The summed E-state index contributed by atoms with van der Waals surface area (Å²) < 4.78 is 11.6. The maximum Gasteiger partial charge on any atom is 0.0729 e. The first-order valence-corrected chi connectivity index (χ1v) is 8.23. The van der Waals surface area contributed by atoms with Crippen LogP contribution >= 0.6 is 0 Å². The molecule has 1 spiro atoms. The Bertz CT molecular complexity index is 246. The molecule has 2 rings (SSSR count). The average molecular weight is 269 g/mol. The van der Waals surface area contributed by atoms with E-state index in [9.17, 15) is 0 Å². The second-order valence-electron chi connectivity index (χ2n) is 6.41. The van der Waals surface area contributed by atoms with Gasteiger partial charge in [-0.25, -0.2) is 0 Å². The number of hydrogen-bond donors (Lipinski definition) is 1. The lowest BCUT2D eigenvalue weighted by Gasteiger charge is -2.44. The van der Waals surface area contributed by atoms with Crippen LogP contribution in [0.1, 0.15) is 64.7 Å². The summed E-state index contributed by atoms with van der Waals surface area (Å²) in [5.41, 5.74) is 6.53. The Labute approximate surface area is 118 Å². The van der Waals surface area contributed by atoms with Gasteiger partial charge in [0.15, 0.2) is 0 Å². The molecule has 2 unspecified atom stereocenters. The first-order valence-electron chi connectivity index (χ1n) is 8.23. The molecule has 2 heterocycles. The Kier molecular flexibility index (Phi) is 6.11. The largest absolute Gasteiger partial charge is 0.381 e. The Morgan fingerprint density at radius 1 is 1.16 bits per heavy atom. The fourth-order valence-corrected chi connectivity index (χ4v) is 3.57. The molecule has 2 saturated heterocycles. The van der Waals surface area contributed by atoms with Crippen molar-refractivity contribution in [3.63, 3.8) is 0 Å². The molecule has 3 nitrogen and oxygen atoms in total. The van der Waals surface area contributed by atoms with Crippen LogP contribution in [-0.4, -0.2) is 31.5 Å². The lowest BCUT2D eigenvalue weighted by Crippen LogP contribution is -2.48. The van der Waals surface area contributed by atoms with E-state index < -0.39 is 0 Å². The zero-order valence-corrected chi connectivity index (χ0v) is 12.5. The van der Waals surface area contributed by atoms with Crippen molar-refractivity contribution >= 4 is 0 Å².